The van der Waals surface area contributed by atoms with Gasteiger partial charge in [-0.05, 0) is 41.0 Å². The van der Waals surface area contributed by atoms with Crippen LogP contribution in [0.25, 0.3) is 0 Å². The zero-order valence-corrected chi connectivity index (χ0v) is 22.2. The molecule has 0 spiro atoms. The molecular weight excluding hydrogens is 490 g/mol. The molecule has 7 nitrogen and oxygen atoms in total. The van der Waals surface area contributed by atoms with Crippen molar-refractivity contribution in [2.75, 3.05) is 21.3 Å². The van der Waals surface area contributed by atoms with Gasteiger partial charge in [0.1, 0.15) is 0 Å². The normalized spacial score (nSPS) is 17.5. The van der Waals surface area contributed by atoms with Crippen LogP contribution in [0.5, 0.6) is 17.2 Å². The molecule has 2 atom stereocenters. The highest BCUT2D eigenvalue weighted by atomic mass is 16.5. The minimum Gasteiger partial charge on any atom is -0.493 e. The predicted octanol–water partition coefficient (Wildman–Crippen LogP) is 5.80. The largest absolute Gasteiger partial charge is 0.493 e. The first-order valence-electron chi connectivity index (χ1n) is 12.7. The van der Waals surface area contributed by atoms with E-state index in [9.17, 15) is 4.79 Å². The summed E-state index contributed by atoms with van der Waals surface area (Å²) in [6, 6.07) is 32.8. The second-order valence-electron chi connectivity index (χ2n) is 9.10. The average molecular weight is 522 g/mol. The van der Waals surface area contributed by atoms with E-state index >= 15 is 0 Å². The molecule has 4 aromatic carbocycles. The van der Waals surface area contributed by atoms with Gasteiger partial charge in [-0.2, -0.15) is 0 Å². The number of hydrogen-bond acceptors (Lipinski definition) is 5. The van der Waals surface area contributed by atoms with E-state index in [0.717, 1.165) is 16.7 Å². The number of ether oxygens (including phenoxy) is 3. The van der Waals surface area contributed by atoms with Gasteiger partial charge in [-0.15, -0.1) is 0 Å². The lowest BCUT2D eigenvalue weighted by atomic mass is 9.93. The Morgan fingerprint density at radius 1 is 0.769 bits per heavy atom. The van der Waals surface area contributed by atoms with Crippen LogP contribution < -0.4 is 19.5 Å². The quantitative estimate of drug-likeness (QED) is 0.318. The summed E-state index contributed by atoms with van der Waals surface area (Å²) in [5.41, 5.74) is 3.52. The second-order valence-corrected chi connectivity index (χ2v) is 9.10. The third kappa shape index (κ3) is 5.29. The van der Waals surface area contributed by atoms with Crippen LogP contribution in [0.15, 0.2) is 108 Å². The second kappa shape index (κ2) is 11.7. The highest BCUT2D eigenvalue weighted by molar-refractivity contribution is 6.07. The molecule has 1 amide bonds. The van der Waals surface area contributed by atoms with E-state index in [1.807, 2.05) is 78.9 Å². The van der Waals surface area contributed by atoms with Gasteiger partial charge in [0.25, 0.3) is 5.91 Å². The van der Waals surface area contributed by atoms with Gasteiger partial charge >= 0.3 is 0 Å². The molecule has 0 bridgehead atoms. The van der Waals surface area contributed by atoms with Crippen molar-refractivity contribution in [3.8, 4) is 17.2 Å². The van der Waals surface area contributed by atoms with Gasteiger partial charge in [-0.25, -0.2) is 4.99 Å². The van der Waals surface area contributed by atoms with Gasteiger partial charge in [0.15, 0.2) is 11.5 Å². The number of carbonyl (C=O) groups excluding carboxylic acids is 1. The monoisotopic (exact) mass is 521 g/mol. The van der Waals surface area contributed by atoms with Gasteiger partial charge in [-0.1, -0.05) is 78.9 Å². The number of aliphatic imine (C=N–C) groups is 1. The minimum atomic E-state index is -0.306. The Balaban J connectivity index is 1.60. The maximum absolute atomic E-state index is 14.1. The Kier molecular flexibility index (Phi) is 7.78. The molecule has 4 aromatic rings. The van der Waals surface area contributed by atoms with Crippen molar-refractivity contribution in [2.45, 2.75) is 18.6 Å². The molecule has 1 aliphatic rings. The highest BCUT2D eigenvalue weighted by Gasteiger charge is 2.43. The third-order valence-corrected chi connectivity index (χ3v) is 6.78. The zero-order chi connectivity index (χ0) is 27.2. The molecular formula is C32H31N3O4. The smallest absolute Gasteiger partial charge is 0.261 e. The van der Waals surface area contributed by atoms with E-state index in [1.165, 1.54) is 0 Å². The minimum absolute atomic E-state index is 0.126. The maximum atomic E-state index is 14.1. The fourth-order valence-electron chi connectivity index (χ4n) is 4.94. The fourth-order valence-corrected chi connectivity index (χ4v) is 4.94. The van der Waals surface area contributed by atoms with E-state index < -0.39 is 0 Å². The SMILES string of the molecule is COc1cc(CN=C2N[C@@H](c3ccccc3)[C@H](c3ccccc3)N2C(=O)c2ccccc2)cc(OC)c1OC. The van der Waals surface area contributed by atoms with E-state index in [-0.39, 0.29) is 18.0 Å². The summed E-state index contributed by atoms with van der Waals surface area (Å²) < 4.78 is 16.5. The number of nitrogens with zero attached hydrogens (tertiary/aromatic N) is 2. The van der Waals surface area contributed by atoms with Gasteiger partial charge in [0.05, 0.1) is 40.0 Å². The Morgan fingerprint density at radius 3 is 1.85 bits per heavy atom. The first kappa shape index (κ1) is 25.9. The van der Waals surface area contributed by atoms with Crippen LogP contribution in [0.3, 0.4) is 0 Å². The van der Waals surface area contributed by atoms with Gasteiger partial charge in [-0.3, -0.25) is 9.69 Å². The number of methoxy groups -OCH3 is 3. The topological polar surface area (TPSA) is 72.4 Å². The lowest BCUT2D eigenvalue weighted by Gasteiger charge is -2.27. The fraction of sp³-hybridized carbons (Fsp3) is 0.188. The first-order valence-corrected chi connectivity index (χ1v) is 12.7. The van der Waals surface area contributed by atoms with Crippen LogP contribution in [-0.2, 0) is 6.54 Å². The Hall–Kier alpha value is -4.78. The van der Waals surface area contributed by atoms with E-state index in [2.05, 4.69) is 29.6 Å². The number of hydrogen-bond donors (Lipinski definition) is 1. The lowest BCUT2D eigenvalue weighted by molar-refractivity contribution is 0.0808. The van der Waals surface area contributed by atoms with Gasteiger partial charge < -0.3 is 19.5 Å². The molecule has 198 valence electrons. The van der Waals surface area contributed by atoms with Crippen LogP contribution in [0.2, 0.25) is 0 Å². The maximum Gasteiger partial charge on any atom is 0.261 e. The standard InChI is InChI=1S/C32H31N3O4/c1-37-26-19-22(20-27(38-2)30(26)39-3)21-33-32-34-28(23-13-7-4-8-14-23)29(24-15-9-5-10-16-24)35(32)31(36)25-17-11-6-12-18-25/h4-20,28-29H,21H2,1-3H3,(H,33,34)/t28-,29-/m0/s1. The van der Waals surface area contributed by atoms with Crippen LogP contribution in [0.4, 0.5) is 0 Å². The zero-order valence-electron chi connectivity index (χ0n) is 22.2. The first-order chi connectivity index (χ1) is 19.1. The summed E-state index contributed by atoms with van der Waals surface area (Å²) >= 11 is 0. The molecule has 1 heterocycles. The van der Waals surface area contributed by atoms with Crippen molar-refractivity contribution >= 4 is 11.9 Å². The number of nitrogens with one attached hydrogen (secondary N) is 1. The summed E-state index contributed by atoms with van der Waals surface area (Å²) in [5.74, 6) is 1.99. The summed E-state index contributed by atoms with van der Waals surface area (Å²) in [4.78, 5) is 20.8. The highest BCUT2D eigenvalue weighted by Crippen LogP contribution is 2.41. The van der Waals surface area contributed by atoms with Crippen molar-refractivity contribution in [3.05, 3.63) is 125 Å². The lowest BCUT2D eigenvalue weighted by Crippen LogP contribution is -2.37. The van der Waals surface area contributed by atoms with Crippen LogP contribution in [0, 0.1) is 0 Å². The van der Waals surface area contributed by atoms with Crippen molar-refractivity contribution in [1.29, 1.82) is 0 Å². The van der Waals surface area contributed by atoms with Crippen molar-refractivity contribution in [2.24, 2.45) is 4.99 Å². The van der Waals surface area contributed by atoms with Crippen molar-refractivity contribution < 1.29 is 19.0 Å². The van der Waals surface area contributed by atoms with Gasteiger partial charge in [0.2, 0.25) is 11.7 Å². The molecule has 1 aliphatic heterocycles. The Bertz CT molecular complexity index is 1420. The summed E-state index contributed by atoms with van der Waals surface area (Å²) in [5, 5.41) is 3.57. The summed E-state index contributed by atoms with van der Waals surface area (Å²) in [7, 11) is 4.74. The van der Waals surface area contributed by atoms with Crippen molar-refractivity contribution in [3.63, 3.8) is 0 Å². The number of benzene rings is 4. The molecule has 0 saturated carbocycles. The Morgan fingerprint density at radius 2 is 1.31 bits per heavy atom. The molecule has 1 N–H and O–H groups in total. The molecule has 1 fully saturated rings. The number of guanidine groups is 1. The van der Waals surface area contributed by atoms with E-state index in [0.29, 0.717) is 35.3 Å². The molecule has 0 aromatic heterocycles. The number of amides is 1. The molecule has 39 heavy (non-hydrogen) atoms. The number of rotatable bonds is 8. The molecule has 5 rings (SSSR count). The van der Waals surface area contributed by atoms with Crippen molar-refractivity contribution in [1.82, 2.24) is 10.2 Å². The van der Waals surface area contributed by atoms with Crippen LogP contribution in [-0.4, -0.2) is 38.1 Å². The van der Waals surface area contributed by atoms with Crippen LogP contribution in [0.1, 0.15) is 39.1 Å². The van der Waals surface area contributed by atoms with E-state index in [4.69, 9.17) is 19.2 Å². The van der Waals surface area contributed by atoms with Crippen LogP contribution >= 0.6 is 0 Å². The summed E-state index contributed by atoms with van der Waals surface area (Å²) in [6.45, 7) is 0.292. The van der Waals surface area contributed by atoms with E-state index in [1.54, 1.807) is 26.2 Å². The third-order valence-electron chi connectivity index (χ3n) is 6.78. The number of carbonyl (C=O) groups is 1. The summed E-state index contributed by atoms with van der Waals surface area (Å²) in [6.07, 6.45) is 0. The molecule has 0 unspecified atom stereocenters. The molecule has 7 heteroatoms. The predicted molar refractivity (Wildman–Crippen MR) is 151 cm³/mol. The molecule has 1 saturated heterocycles. The Labute approximate surface area is 228 Å². The average Bonchev–Trinajstić information content (AvgIpc) is 3.39. The molecule has 0 radical (unpaired) electrons. The van der Waals surface area contributed by atoms with Gasteiger partial charge in [0, 0.05) is 5.56 Å². The molecule has 0 aliphatic carbocycles.